The number of hydrogen-bond acceptors (Lipinski definition) is 5. The van der Waals surface area contributed by atoms with Crippen molar-refractivity contribution >= 4 is 17.1 Å². The van der Waals surface area contributed by atoms with Crippen molar-refractivity contribution in [2.75, 3.05) is 13.1 Å². The van der Waals surface area contributed by atoms with E-state index in [9.17, 15) is 18.0 Å². The Kier molecular flexibility index (Phi) is 4.06. The fraction of sp³-hybridized carbons (Fsp3) is 0.571. The van der Waals surface area contributed by atoms with Crippen LogP contribution in [-0.4, -0.2) is 49.5 Å². The van der Waals surface area contributed by atoms with E-state index < -0.39 is 12.0 Å². The van der Waals surface area contributed by atoms with Crippen molar-refractivity contribution in [3.05, 3.63) is 12.2 Å². The van der Waals surface area contributed by atoms with Gasteiger partial charge in [-0.25, -0.2) is 9.97 Å². The van der Waals surface area contributed by atoms with E-state index >= 15 is 0 Å². The van der Waals surface area contributed by atoms with Crippen molar-refractivity contribution in [3.63, 3.8) is 0 Å². The van der Waals surface area contributed by atoms with Crippen LogP contribution in [0.4, 0.5) is 13.2 Å². The summed E-state index contributed by atoms with van der Waals surface area (Å²) in [4.78, 5) is 24.7. The van der Waals surface area contributed by atoms with Crippen molar-refractivity contribution < 1.29 is 22.7 Å². The van der Waals surface area contributed by atoms with E-state index in [2.05, 4.69) is 15.0 Å². The number of carbonyl (C=O) groups excluding carboxylic acids is 1. The van der Waals surface area contributed by atoms with Gasteiger partial charge >= 0.3 is 6.18 Å². The molecule has 1 aliphatic heterocycles. The monoisotopic (exact) mass is 343 g/mol. The molecular formula is C14H16F3N5O2. The molecule has 3 rings (SSSR count). The number of aryl methyl sites for hydroxylation is 1. The first kappa shape index (κ1) is 16.5. The highest BCUT2D eigenvalue weighted by molar-refractivity contribution is 5.77. The quantitative estimate of drug-likeness (QED) is 0.849. The number of carbonyl (C=O) groups is 1. The molecule has 3 heterocycles. The minimum atomic E-state index is -4.59. The summed E-state index contributed by atoms with van der Waals surface area (Å²) in [6.45, 7) is 2.72. The maximum atomic E-state index is 13.0. The molecule has 0 saturated carbocycles. The fourth-order valence-electron chi connectivity index (χ4n) is 2.75. The summed E-state index contributed by atoms with van der Waals surface area (Å²) >= 11 is 0. The number of amides is 1. The summed E-state index contributed by atoms with van der Waals surface area (Å²) in [6.07, 6.45) is -2.78. The predicted octanol–water partition coefficient (Wildman–Crippen LogP) is 1.77. The SMILES string of the molecule is CCC(=O)N1CCC(Oc2ncnc3c2nc(C(F)(F)F)n3C)C1. The van der Waals surface area contributed by atoms with Gasteiger partial charge < -0.3 is 14.2 Å². The Labute approximate surface area is 135 Å². The Bertz CT molecular complexity index is 774. The summed E-state index contributed by atoms with van der Waals surface area (Å²) in [5.41, 5.74) is 0.0133. The van der Waals surface area contributed by atoms with Crippen LogP contribution in [0, 0.1) is 0 Å². The van der Waals surface area contributed by atoms with Gasteiger partial charge in [-0.2, -0.15) is 18.2 Å². The molecule has 1 unspecified atom stereocenters. The van der Waals surface area contributed by atoms with Gasteiger partial charge in [-0.05, 0) is 0 Å². The molecule has 10 heteroatoms. The zero-order chi connectivity index (χ0) is 17.5. The van der Waals surface area contributed by atoms with Crippen molar-refractivity contribution in [1.29, 1.82) is 0 Å². The number of ether oxygens (including phenoxy) is 1. The summed E-state index contributed by atoms with van der Waals surface area (Å²) in [6, 6.07) is 0. The number of halogens is 3. The lowest BCUT2D eigenvalue weighted by Crippen LogP contribution is -2.30. The fourth-order valence-corrected chi connectivity index (χ4v) is 2.75. The molecule has 1 atom stereocenters. The molecule has 0 aliphatic carbocycles. The predicted molar refractivity (Wildman–Crippen MR) is 77.2 cm³/mol. The zero-order valence-corrected chi connectivity index (χ0v) is 13.2. The van der Waals surface area contributed by atoms with Crippen molar-refractivity contribution in [2.24, 2.45) is 7.05 Å². The van der Waals surface area contributed by atoms with Gasteiger partial charge in [0, 0.05) is 26.4 Å². The van der Waals surface area contributed by atoms with Crippen LogP contribution < -0.4 is 4.74 Å². The largest absolute Gasteiger partial charge is 0.471 e. The molecule has 7 nitrogen and oxygen atoms in total. The smallest absolute Gasteiger partial charge is 0.449 e. The number of alkyl halides is 3. The van der Waals surface area contributed by atoms with E-state index in [0.29, 0.717) is 25.9 Å². The summed E-state index contributed by atoms with van der Waals surface area (Å²) in [5, 5.41) is 0. The molecule has 0 radical (unpaired) electrons. The lowest BCUT2D eigenvalue weighted by Gasteiger charge is -2.16. The van der Waals surface area contributed by atoms with E-state index in [1.165, 1.54) is 7.05 Å². The van der Waals surface area contributed by atoms with Gasteiger partial charge in [0.2, 0.25) is 17.6 Å². The third-order valence-corrected chi connectivity index (χ3v) is 3.95. The van der Waals surface area contributed by atoms with Crippen LogP contribution in [0.15, 0.2) is 6.33 Å². The number of likely N-dealkylation sites (tertiary alicyclic amines) is 1. The van der Waals surface area contributed by atoms with Crippen molar-refractivity contribution in [2.45, 2.75) is 32.0 Å². The molecule has 130 valence electrons. The molecular weight excluding hydrogens is 327 g/mol. The first-order chi connectivity index (χ1) is 11.3. The molecule has 0 N–H and O–H groups in total. The molecule has 24 heavy (non-hydrogen) atoms. The molecule has 1 amide bonds. The average Bonchev–Trinajstić information content (AvgIpc) is 3.12. The van der Waals surface area contributed by atoms with E-state index in [0.717, 1.165) is 10.9 Å². The summed E-state index contributed by atoms with van der Waals surface area (Å²) in [7, 11) is 1.24. The lowest BCUT2D eigenvalue weighted by atomic mass is 10.3. The van der Waals surface area contributed by atoms with Crippen molar-refractivity contribution in [1.82, 2.24) is 24.4 Å². The van der Waals surface area contributed by atoms with E-state index in [1.807, 2.05) is 0 Å². The number of hydrogen-bond donors (Lipinski definition) is 0. The standard InChI is InChI=1S/C14H16F3N5O2/c1-3-9(23)22-5-4-8(6-22)24-12-10-11(18-7-19-12)21(2)13(20-10)14(15,16)17/h7-8H,3-6H2,1-2H3. The molecule has 0 aromatic carbocycles. The highest BCUT2D eigenvalue weighted by atomic mass is 19.4. The van der Waals surface area contributed by atoms with Gasteiger partial charge in [0.05, 0.1) is 6.54 Å². The Hall–Kier alpha value is -2.39. The lowest BCUT2D eigenvalue weighted by molar-refractivity contribution is -0.146. The van der Waals surface area contributed by atoms with E-state index in [-0.39, 0.29) is 29.1 Å². The third kappa shape index (κ3) is 2.87. The number of nitrogens with zero attached hydrogens (tertiary/aromatic N) is 5. The summed E-state index contributed by atoms with van der Waals surface area (Å²) in [5.74, 6) is -1.04. The molecule has 1 aliphatic rings. The van der Waals surface area contributed by atoms with Crippen LogP contribution in [0.2, 0.25) is 0 Å². The van der Waals surface area contributed by atoms with Gasteiger partial charge in [-0.1, -0.05) is 6.92 Å². The highest BCUT2D eigenvalue weighted by Gasteiger charge is 2.38. The maximum absolute atomic E-state index is 13.0. The van der Waals surface area contributed by atoms with Crippen LogP contribution in [0.1, 0.15) is 25.6 Å². The molecule has 0 spiro atoms. The van der Waals surface area contributed by atoms with Crippen LogP contribution in [0.25, 0.3) is 11.2 Å². The van der Waals surface area contributed by atoms with E-state index in [1.54, 1.807) is 11.8 Å². The first-order valence-electron chi connectivity index (χ1n) is 7.50. The Balaban J connectivity index is 1.87. The topological polar surface area (TPSA) is 73.1 Å². The van der Waals surface area contributed by atoms with Gasteiger partial charge in [-0.3, -0.25) is 4.79 Å². The van der Waals surface area contributed by atoms with Crippen LogP contribution in [0.3, 0.4) is 0 Å². The Morgan fingerprint density at radius 1 is 1.42 bits per heavy atom. The van der Waals surface area contributed by atoms with Crippen molar-refractivity contribution in [3.8, 4) is 5.88 Å². The normalized spacial score (nSPS) is 18.4. The second-order valence-corrected chi connectivity index (χ2v) is 5.57. The second kappa shape index (κ2) is 5.91. The molecule has 1 fully saturated rings. The Morgan fingerprint density at radius 2 is 2.17 bits per heavy atom. The number of imidazole rings is 1. The van der Waals surface area contributed by atoms with Gasteiger partial charge in [-0.15, -0.1) is 0 Å². The maximum Gasteiger partial charge on any atom is 0.449 e. The average molecular weight is 343 g/mol. The van der Waals surface area contributed by atoms with Crippen LogP contribution >= 0.6 is 0 Å². The number of aromatic nitrogens is 4. The number of rotatable bonds is 3. The zero-order valence-electron chi connectivity index (χ0n) is 13.2. The molecule has 2 aromatic heterocycles. The van der Waals surface area contributed by atoms with Crippen LogP contribution in [0.5, 0.6) is 5.88 Å². The third-order valence-electron chi connectivity index (χ3n) is 3.95. The van der Waals surface area contributed by atoms with Gasteiger partial charge in [0.25, 0.3) is 0 Å². The minimum Gasteiger partial charge on any atom is -0.471 e. The molecule has 0 bridgehead atoms. The second-order valence-electron chi connectivity index (χ2n) is 5.57. The molecule has 1 saturated heterocycles. The van der Waals surface area contributed by atoms with Crippen LogP contribution in [-0.2, 0) is 18.0 Å². The Morgan fingerprint density at radius 3 is 2.83 bits per heavy atom. The molecule has 2 aromatic rings. The highest BCUT2D eigenvalue weighted by Crippen LogP contribution is 2.32. The van der Waals surface area contributed by atoms with E-state index in [4.69, 9.17) is 4.74 Å². The van der Waals surface area contributed by atoms with Gasteiger partial charge in [0.15, 0.2) is 11.2 Å². The summed E-state index contributed by atoms with van der Waals surface area (Å²) < 4.78 is 45.5. The number of fused-ring (bicyclic) bond motifs is 1. The van der Waals surface area contributed by atoms with Gasteiger partial charge in [0.1, 0.15) is 12.4 Å². The first-order valence-corrected chi connectivity index (χ1v) is 7.50. The minimum absolute atomic E-state index is 0.00176.